The fourth-order valence-corrected chi connectivity index (χ4v) is 18.0. The molecular weight excluding hydrogens is 1630 g/mol. The lowest BCUT2D eigenvalue weighted by molar-refractivity contribution is 0.0525. The monoisotopic (exact) mass is 1760 g/mol. The van der Waals surface area contributed by atoms with Crippen LogP contribution in [0.5, 0.6) is 0 Å². The van der Waals surface area contributed by atoms with Crippen LogP contribution in [-0.4, -0.2) is 222 Å². The average molecular weight is 1760 g/mol. The van der Waals surface area contributed by atoms with E-state index in [-0.39, 0.29) is 29.0 Å². The number of hydrogen-bond acceptors (Lipinski definition) is 25. The summed E-state index contributed by atoms with van der Waals surface area (Å²) in [6, 6.07) is 24.1. The van der Waals surface area contributed by atoms with E-state index in [1.54, 1.807) is 30.3 Å². The third-order valence-electron chi connectivity index (χ3n) is 23.4. The summed E-state index contributed by atoms with van der Waals surface area (Å²) in [5.74, 6) is 3.24. The molecule has 2 amide bonds. The van der Waals surface area contributed by atoms with Crippen LogP contribution in [0, 0.1) is 0 Å². The maximum absolute atomic E-state index is 14.3. The molecule has 4 atom stereocenters. The molecule has 3 aliphatic heterocycles. The van der Waals surface area contributed by atoms with Crippen LogP contribution in [0.15, 0.2) is 102 Å². The van der Waals surface area contributed by atoms with Crippen molar-refractivity contribution in [2.24, 2.45) is 0 Å². The number of para-hydroxylation sites is 2. The molecule has 0 spiro atoms. The summed E-state index contributed by atoms with van der Waals surface area (Å²) in [6.45, 7) is 44.1. The molecule has 4 aliphatic carbocycles. The Labute approximate surface area is 744 Å². The second-order valence-electron chi connectivity index (χ2n) is 38.5. The molecule has 3 aromatic carbocycles. The van der Waals surface area contributed by atoms with Crippen molar-refractivity contribution in [2.45, 2.75) is 252 Å². The molecule has 2 N–H and O–H groups in total. The van der Waals surface area contributed by atoms with Crippen molar-refractivity contribution in [3.8, 4) is 0 Å². The van der Waals surface area contributed by atoms with Crippen molar-refractivity contribution in [3.05, 3.63) is 147 Å². The summed E-state index contributed by atoms with van der Waals surface area (Å²) in [5, 5.41) is 22.8. The molecule has 3 fully saturated rings. The number of nitrogens with one attached hydrogen (secondary N) is 2. The molecule has 18 rings (SSSR count). The SMILES string of the molecule is C1COCCN1.CC(C)c1cnn2c(N(C(=O)OC(C)(C)C)[C@@H]3CCc4c(c5ccccc5n4C(=O)OC(C)(C)C)C3)nc(N3CCOCC3)nc12.CC(C)c1cnn2c(N(C(=O)OC(C)(C)C)[C@@H]3CCc4c(c5ccccc5n4C(=O)OC(C)(C)C)C3)nc(S(C)=O)nc12.CC(C)c1cnn2c(N[C@@H]3CCC4=C(C3)c3ccccc3C4)nc(N3CCOCC3)nc12. The number of anilines is 5. The Hall–Kier alpha value is -11.0. The minimum Gasteiger partial charge on any atom is -0.443 e. The van der Waals surface area contributed by atoms with Crippen molar-refractivity contribution in [1.82, 2.24) is 73.2 Å². The molecule has 32 nitrogen and oxygen atoms in total. The molecule has 7 aliphatic rings. The van der Waals surface area contributed by atoms with E-state index in [1.807, 2.05) is 162 Å². The van der Waals surface area contributed by atoms with E-state index < -0.39 is 63.6 Å². The predicted octanol–water partition coefficient (Wildman–Crippen LogP) is 15.8. The maximum Gasteiger partial charge on any atom is 0.419 e. The zero-order chi connectivity index (χ0) is 90.3. The standard InChI is InChI=1S/C34H45N7O5.C31H40N6O5S.C25H30N6O.C4H9NO/c1-21(2)25-20-35-41-28(25)36-29(38-15-17-44-18-16-38)37-30(41)39(31(42)45-33(3,4)5)22-13-14-27-24(19-22)23-11-9-10-12-26(23)40(27)32(43)46-34(6,7)8;1-18(2)22-17-32-37-25(22)33-26(43(9)40)34-27(37)35(28(38)41-30(3,4)5)19-14-15-24-21(16-19)20-12-10-11-13-23(20)36(24)29(39)42-31(6,7)8;1-16(2)22-15-26-31-23(22)28-24(30-9-11-32-12-10-30)29-25(31)27-19-8-7-18-13-17-5-3-4-6-20(17)21(18)14-19;1-3-6-4-2-5-1/h9-12,20-22H,13-19H2,1-8H3;10-13,17-19H,14-16H2,1-9H3;3-6,15-16,19H,7-14H2,1-2H3,(H,27,28,29);5H,1-4H2/t22-;19-,43?;19-;/m111./s1. The van der Waals surface area contributed by atoms with E-state index in [0.29, 0.717) is 113 Å². The quantitative estimate of drug-likeness (QED) is 0.107. The minimum absolute atomic E-state index is 0.0876. The van der Waals surface area contributed by atoms with Gasteiger partial charge in [-0.25, -0.2) is 43.1 Å². The highest BCUT2D eigenvalue weighted by molar-refractivity contribution is 7.84. The van der Waals surface area contributed by atoms with E-state index in [4.69, 9.17) is 58.2 Å². The number of allylic oxidation sites excluding steroid dienone is 1. The highest BCUT2D eigenvalue weighted by Crippen LogP contribution is 2.44. The van der Waals surface area contributed by atoms with Gasteiger partial charge in [0.25, 0.3) is 0 Å². The average Bonchev–Trinajstić information content (AvgIpc) is 1.52. The normalized spacial score (nSPS) is 18.2. The molecule has 0 bridgehead atoms. The zero-order valence-electron chi connectivity index (χ0n) is 77.0. The van der Waals surface area contributed by atoms with Gasteiger partial charge in [-0.15, -0.1) is 0 Å². The Kier molecular flexibility index (Phi) is 26.7. The van der Waals surface area contributed by atoms with Crippen LogP contribution in [0.1, 0.15) is 225 Å². The fourth-order valence-electron chi connectivity index (χ4n) is 17.6. The number of morpholine rings is 3. The van der Waals surface area contributed by atoms with E-state index in [9.17, 15) is 23.4 Å². The molecule has 11 heterocycles. The van der Waals surface area contributed by atoms with Crippen molar-refractivity contribution in [1.29, 1.82) is 0 Å². The Balaban J connectivity index is 0.000000143. The molecular formula is C94H124N20O12S. The fraction of sp³-hybridized carbons (Fsp3) is 0.543. The summed E-state index contributed by atoms with van der Waals surface area (Å²) in [5.41, 5.74) is 13.6. The van der Waals surface area contributed by atoms with Gasteiger partial charge in [0, 0.05) is 103 Å². The zero-order valence-corrected chi connectivity index (χ0v) is 77.9. The Morgan fingerprint density at radius 3 is 1.37 bits per heavy atom. The lowest BCUT2D eigenvalue weighted by Crippen LogP contribution is -2.48. The topological polar surface area (TPSA) is 326 Å². The number of amides is 2. The van der Waals surface area contributed by atoms with Crippen LogP contribution in [0.4, 0.5) is 48.9 Å². The van der Waals surface area contributed by atoms with E-state index in [2.05, 4.69) is 92.6 Å². The summed E-state index contributed by atoms with van der Waals surface area (Å²) in [4.78, 5) is 91.7. The Morgan fingerprint density at radius 2 is 0.921 bits per heavy atom. The smallest absolute Gasteiger partial charge is 0.419 e. The van der Waals surface area contributed by atoms with Crippen LogP contribution in [0.3, 0.4) is 0 Å². The van der Waals surface area contributed by atoms with E-state index in [0.717, 1.165) is 144 Å². The third kappa shape index (κ3) is 20.1. The molecule has 127 heavy (non-hydrogen) atoms. The summed E-state index contributed by atoms with van der Waals surface area (Å²) < 4.78 is 60.9. The predicted molar refractivity (Wildman–Crippen MR) is 491 cm³/mol. The maximum atomic E-state index is 14.3. The number of ether oxygens (including phenoxy) is 7. The van der Waals surface area contributed by atoms with Crippen LogP contribution in [-0.2, 0) is 76.1 Å². The van der Waals surface area contributed by atoms with Gasteiger partial charge in [0.1, 0.15) is 22.4 Å². The molecule has 3 saturated heterocycles. The molecule has 678 valence electrons. The molecule has 1 unspecified atom stereocenters. The Morgan fingerprint density at radius 1 is 0.496 bits per heavy atom. The second kappa shape index (κ2) is 37.4. The van der Waals surface area contributed by atoms with Gasteiger partial charge in [-0.05, 0) is 205 Å². The van der Waals surface area contributed by atoms with Crippen molar-refractivity contribution in [2.75, 3.05) is 110 Å². The van der Waals surface area contributed by atoms with Crippen LogP contribution in [0.25, 0.3) is 44.3 Å². The number of nitrogens with zero attached hydrogens (tertiary/aromatic N) is 18. The number of carbonyl (C=O) groups is 4. The highest BCUT2D eigenvalue weighted by Gasteiger charge is 2.43. The van der Waals surface area contributed by atoms with Gasteiger partial charge >= 0.3 is 24.4 Å². The summed E-state index contributed by atoms with van der Waals surface area (Å²) in [6.07, 6.45) is 12.5. The largest absolute Gasteiger partial charge is 0.443 e. The van der Waals surface area contributed by atoms with Crippen molar-refractivity contribution < 1.29 is 56.5 Å². The second-order valence-corrected chi connectivity index (χ2v) is 39.7. The number of benzene rings is 3. The molecule has 0 radical (unpaired) electrons. The van der Waals surface area contributed by atoms with Crippen molar-refractivity contribution >= 4 is 109 Å². The van der Waals surface area contributed by atoms with Crippen LogP contribution >= 0.6 is 0 Å². The number of carbonyl (C=O) groups excluding carboxylic acids is 4. The summed E-state index contributed by atoms with van der Waals surface area (Å²) in [7, 11) is -1.52. The van der Waals surface area contributed by atoms with Gasteiger partial charge in [0.2, 0.25) is 34.9 Å². The first-order valence-electron chi connectivity index (χ1n) is 44.8. The molecule has 0 saturated carbocycles. The number of fused-ring (bicyclic) bond motifs is 11. The highest BCUT2D eigenvalue weighted by atomic mass is 32.2. The van der Waals surface area contributed by atoms with E-state index in [1.165, 1.54) is 32.4 Å². The molecule has 8 aromatic heterocycles. The van der Waals surface area contributed by atoms with Gasteiger partial charge in [0.15, 0.2) is 16.9 Å². The van der Waals surface area contributed by atoms with Gasteiger partial charge < -0.3 is 53.6 Å². The lowest BCUT2D eigenvalue weighted by Gasteiger charge is -2.35. The first-order valence-corrected chi connectivity index (χ1v) is 46.3. The van der Waals surface area contributed by atoms with Crippen molar-refractivity contribution in [3.63, 3.8) is 0 Å². The first kappa shape index (κ1) is 90.8. The minimum atomic E-state index is -1.52. The number of aromatic nitrogens is 14. The molecule has 33 heteroatoms. The first-order chi connectivity index (χ1) is 60.4. The third-order valence-corrected chi connectivity index (χ3v) is 24.1. The van der Waals surface area contributed by atoms with E-state index >= 15 is 0 Å². The van der Waals surface area contributed by atoms with Crippen LogP contribution in [0.2, 0.25) is 0 Å². The van der Waals surface area contributed by atoms with Gasteiger partial charge in [0.05, 0.1) is 80.1 Å². The number of hydrogen-bond donors (Lipinski definition) is 2. The van der Waals surface area contributed by atoms with Gasteiger partial charge in [-0.2, -0.15) is 53.8 Å². The summed E-state index contributed by atoms with van der Waals surface area (Å²) >= 11 is 0. The lowest BCUT2D eigenvalue weighted by atomic mass is 9.88. The number of rotatable bonds is 12. The van der Waals surface area contributed by atoms with Gasteiger partial charge in [-0.3, -0.25) is 4.21 Å². The van der Waals surface area contributed by atoms with Crippen LogP contribution < -0.4 is 30.2 Å². The van der Waals surface area contributed by atoms with Gasteiger partial charge in [-0.1, -0.05) is 108 Å². The molecule has 11 aromatic rings. The Bertz CT molecular complexity index is 5920.